The first-order chi connectivity index (χ1) is 9.58. The largest absolute Gasteiger partial charge is 0.478 e. The van der Waals surface area contributed by atoms with Gasteiger partial charge < -0.3 is 20.6 Å². The quantitative estimate of drug-likeness (QED) is 0.799. The number of anilines is 2. The number of hydrogen-bond donors (Lipinski definition) is 2. The van der Waals surface area contributed by atoms with Crippen LogP contribution in [0, 0.1) is 0 Å². The average molecular weight is 276 g/mol. The summed E-state index contributed by atoms with van der Waals surface area (Å²) in [5.74, 6) is -0.348. The average Bonchev–Trinajstić information content (AvgIpc) is 2.80. The topological polar surface area (TPSA) is 99.8 Å². The summed E-state index contributed by atoms with van der Waals surface area (Å²) in [5, 5.41) is 9.09. The summed E-state index contributed by atoms with van der Waals surface area (Å²) >= 11 is 0. The van der Waals surface area contributed by atoms with Gasteiger partial charge in [-0.15, -0.1) is 0 Å². The number of amides is 1. The number of rotatable bonds is 2. The molecule has 0 bridgehead atoms. The molecule has 0 radical (unpaired) electrons. The van der Waals surface area contributed by atoms with Crippen LogP contribution in [-0.2, 0) is 4.79 Å². The first-order valence-electron chi connectivity index (χ1n) is 6.60. The van der Waals surface area contributed by atoms with Gasteiger partial charge in [0.2, 0.25) is 5.91 Å². The van der Waals surface area contributed by atoms with Crippen molar-refractivity contribution in [3.8, 4) is 0 Å². The van der Waals surface area contributed by atoms with Gasteiger partial charge in [0.05, 0.1) is 11.3 Å². The first kappa shape index (κ1) is 12.7. The second-order valence-corrected chi connectivity index (χ2v) is 5.13. The Morgan fingerprint density at radius 2 is 2.25 bits per heavy atom. The monoisotopic (exact) mass is 276 g/mol. The maximum atomic E-state index is 11.7. The highest BCUT2D eigenvalue weighted by Gasteiger charge is 2.36. The lowest BCUT2D eigenvalue weighted by molar-refractivity contribution is -0.129. The summed E-state index contributed by atoms with van der Waals surface area (Å²) < 4.78 is 0. The van der Waals surface area contributed by atoms with E-state index < -0.39 is 5.97 Å². The lowest BCUT2D eigenvalue weighted by atomic mass is 10.1. The minimum atomic E-state index is -1.05. The molecule has 7 heteroatoms. The van der Waals surface area contributed by atoms with Crippen LogP contribution in [0.5, 0.6) is 0 Å². The molecular formula is C13H16N4O3. The molecule has 7 nitrogen and oxygen atoms in total. The molecule has 1 unspecified atom stereocenters. The first-order valence-corrected chi connectivity index (χ1v) is 6.60. The standard InChI is InChI=1S/C13H16N4O3/c14-11-9(13(19)20)3-4-15-12(11)16-5-6-17-8(7-16)1-2-10(17)18/h3-4,8H,1-2,5-7,14H2,(H,19,20). The zero-order valence-corrected chi connectivity index (χ0v) is 11.0. The molecule has 0 spiro atoms. The number of carbonyl (C=O) groups is 2. The highest BCUT2D eigenvalue weighted by Crippen LogP contribution is 2.29. The molecule has 106 valence electrons. The molecule has 3 rings (SSSR count). The number of aromatic nitrogens is 1. The maximum absolute atomic E-state index is 11.7. The molecule has 2 fully saturated rings. The molecular weight excluding hydrogens is 260 g/mol. The van der Waals surface area contributed by atoms with Crippen molar-refractivity contribution in [2.45, 2.75) is 18.9 Å². The van der Waals surface area contributed by atoms with Crippen LogP contribution in [-0.4, -0.2) is 52.5 Å². The maximum Gasteiger partial charge on any atom is 0.337 e. The van der Waals surface area contributed by atoms with Crippen molar-refractivity contribution >= 4 is 23.4 Å². The molecule has 2 aliphatic heterocycles. The number of carboxylic acids is 1. The molecule has 1 amide bonds. The van der Waals surface area contributed by atoms with Gasteiger partial charge in [0.1, 0.15) is 0 Å². The van der Waals surface area contributed by atoms with E-state index in [9.17, 15) is 9.59 Å². The minimum Gasteiger partial charge on any atom is -0.478 e. The van der Waals surface area contributed by atoms with E-state index in [1.807, 2.05) is 9.80 Å². The van der Waals surface area contributed by atoms with Crippen LogP contribution in [0.1, 0.15) is 23.2 Å². The second kappa shape index (κ2) is 4.66. The number of piperazine rings is 1. The van der Waals surface area contributed by atoms with E-state index >= 15 is 0 Å². The molecule has 3 N–H and O–H groups in total. The van der Waals surface area contributed by atoms with Crippen LogP contribution >= 0.6 is 0 Å². The fraction of sp³-hybridized carbons (Fsp3) is 0.462. The Hall–Kier alpha value is -2.31. The lowest BCUT2D eigenvalue weighted by Gasteiger charge is -2.38. The van der Waals surface area contributed by atoms with Gasteiger partial charge in [0.15, 0.2) is 5.82 Å². The molecule has 1 aromatic rings. The van der Waals surface area contributed by atoms with Crippen molar-refractivity contribution in [1.82, 2.24) is 9.88 Å². The number of carbonyl (C=O) groups excluding carboxylic acids is 1. The molecule has 0 aliphatic carbocycles. The predicted octanol–water partition coefficient (Wildman–Crippen LogP) is 0.173. The van der Waals surface area contributed by atoms with Crippen molar-refractivity contribution < 1.29 is 14.7 Å². The second-order valence-electron chi connectivity index (χ2n) is 5.13. The van der Waals surface area contributed by atoms with Gasteiger partial charge >= 0.3 is 5.97 Å². The number of carboxylic acid groups (broad SMARTS) is 1. The van der Waals surface area contributed by atoms with E-state index in [1.54, 1.807) is 0 Å². The van der Waals surface area contributed by atoms with Crippen LogP contribution in [0.3, 0.4) is 0 Å². The molecule has 0 saturated carbocycles. The number of hydrogen-bond acceptors (Lipinski definition) is 5. The number of aromatic carboxylic acids is 1. The van der Waals surface area contributed by atoms with Crippen LogP contribution in [0.2, 0.25) is 0 Å². The smallest absolute Gasteiger partial charge is 0.337 e. The summed E-state index contributed by atoms with van der Waals surface area (Å²) in [5.41, 5.74) is 6.18. The van der Waals surface area contributed by atoms with Crippen molar-refractivity contribution in [3.05, 3.63) is 17.8 Å². The fourth-order valence-electron chi connectivity index (χ4n) is 2.96. The Morgan fingerprint density at radius 3 is 3.00 bits per heavy atom. The van der Waals surface area contributed by atoms with Crippen molar-refractivity contribution in [1.29, 1.82) is 0 Å². The Labute approximate surface area is 116 Å². The molecule has 0 aromatic carbocycles. The van der Waals surface area contributed by atoms with E-state index in [0.717, 1.165) is 6.42 Å². The Morgan fingerprint density at radius 1 is 1.45 bits per heavy atom. The van der Waals surface area contributed by atoms with Gasteiger partial charge in [-0.05, 0) is 12.5 Å². The minimum absolute atomic E-state index is 0.0694. The van der Waals surface area contributed by atoms with E-state index in [-0.39, 0.29) is 23.2 Å². The summed E-state index contributed by atoms with van der Waals surface area (Å²) in [6.45, 7) is 1.93. The third kappa shape index (κ3) is 1.95. The number of fused-ring (bicyclic) bond motifs is 1. The van der Waals surface area contributed by atoms with Crippen LogP contribution in [0.15, 0.2) is 12.3 Å². The van der Waals surface area contributed by atoms with Crippen molar-refractivity contribution in [3.63, 3.8) is 0 Å². The van der Waals surface area contributed by atoms with Gasteiger partial charge in [-0.2, -0.15) is 0 Å². The van der Waals surface area contributed by atoms with E-state index in [1.165, 1.54) is 12.3 Å². The zero-order valence-electron chi connectivity index (χ0n) is 11.0. The van der Waals surface area contributed by atoms with Gasteiger partial charge in [-0.1, -0.05) is 0 Å². The SMILES string of the molecule is Nc1c(C(=O)O)ccnc1N1CCN2C(=O)CCC2C1. The third-order valence-electron chi connectivity index (χ3n) is 3.99. The van der Waals surface area contributed by atoms with E-state index in [0.29, 0.717) is 31.9 Å². The molecule has 20 heavy (non-hydrogen) atoms. The summed E-state index contributed by atoms with van der Waals surface area (Å²) in [7, 11) is 0. The van der Waals surface area contributed by atoms with Crippen molar-refractivity contribution in [2.75, 3.05) is 30.3 Å². The Bertz CT molecular complexity index is 575. The Balaban J connectivity index is 1.86. The van der Waals surface area contributed by atoms with Gasteiger partial charge in [0, 0.05) is 38.3 Å². The number of nitrogens with zero attached hydrogens (tertiary/aromatic N) is 3. The highest BCUT2D eigenvalue weighted by atomic mass is 16.4. The third-order valence-corrected chi connectivity index (χ3v) is 3.99. The van der Waals surface area contributed by atoms with E-state index in [4.69, 9.17) is 10.8 Å². The van der Waals surface area contributed by atoms with Gasteiger partial charge in [-0.3, -0.25) is 4.79 Å². The van der Waals surface area contributed by atoms with Gasteiger partial charge in [0.25, 0.3) is 0 Å². The number of nitrogen functional groups attached to an aromatic ring is 1. The van der Waals surface area contributed by atoms with Crippen LogP contribution in [0.4, 0.5) is 11.5 Å². The molecule has 2 aliphatic rings. The number of pyridine rings is 1. The summed E-state index contributed by atoms with van der Waals surface area (Å²) in [6.07, 6.45) is 2.89. The zero-order chi connectivity index (χ0) is 14.3. The fourth-order valence-corrected chi connectivity index (χ4v) is 2.96. The molecule has 1 atom stereocenters. The Kier molecular flexibility index (Phi) is 2.96. The highest BCUT2D eigenvalue weighted by molar-refractivity contribution is 5.96. The summed E-state index contributed by atoms with van der Waals surface area (Å²) in [4.78, 5) is 30.8. The molecule has 2 saturated heterocycles. The lowest BCUT2D eigenvalue weighted by Crippen LogP contribution is -2.51. The molecule has 1 aromatic heterocycles. The van der Waals surface area contributed by atoms with Crippen molar-refractivity contribution in [2.24, 2.45) is 0 Å². The van der Waals surface area contributed by atoms with Gasteiger partial charge in [-0.25, -0.2) is 9.78 Å². The normalized spacial score (nSPS) is 22.0. The van der Waals surface area contributed by atoms with E-state index in [2.05, 4.69) is 4.98 Å². The number of nitrogens with two attached hydrogens (primary N) is 1. The predicted molar refractivity (Wildman–Crippen MR) is 72.6 cm³/mol. The molecule has 3 heterocycles. The summed E-state index contributed by atoms with van der Waals surface area (Å²) in [6, 6.07) is 1.59. The van der Waals surface area contributed by atoms with Crippen LogP contribution in [0.25, 0.3) is 0 Å². The van der Waals surface area contributed by atoms with Crippen LogP contribution < -0.4 is 10.6 Å².